The lowest BCUT2D eigenvalue weighted by Gasteiger charge is -2.38. The molecule has 2 bridgehead atoms. The van der Waals surface area contributed by atoms with Crippen molar-refractivity contribution >= 4 is 17.7 Å². The highest BCUT2D eigenvalue weighted by Gasteiger charge is 2.43. The first-order chi connectivity index (χ1) is 8.58. The molecule has 0 saturated carbocycles. The van der Waals surface area contributed by atoms with Crippen molar-refractivity contribution < 1.29 is 4.79 Å². The van der Waals surface area contributed by atoms with Crippen molar-refractivity contribution in [2.45, 2.75) is 68.3 Å². The largest absolute Gasteiger partial charge is 0.341 e. The second-order valence-electron chi connectivity index (χ2n) is 6.36. The molecule has 0 aromatic carbocycles. The van der Waals surface area contributed by atoms with E-state index in [-0.39, 0.29) is 4.75 Å². The lowest BCUT2D eigenvalue weighted by molar-refractivity contribution is -0.134. The Morgan fingerprint density at radius 1 is 1.33 bits per heavy atom. The normalized spacial score (nSPS) is 43.1. The smallest absolute Gasteiger partial charge is 0.238 e. The van der Waals surface area contributed by atoms with Gasteiger partial charge in [-0.25, -0.2) is 0 Å². The molecule has 102 valence electrons. The van der Waals surface area contributed by atoms with Gasteiger partial charge in [-0.3, -0.25) is 4.79 Å². The van der Waals surface area contributed by atoms with E-state index in [2.05, 4.69) is 17.1 Å². The molecule has 3 rings (SSSR count). The average molecular weight is 268 g/mol. The summed E-state index contributed by atoms with van der Waals surface area (Å²) in [7, 11) is 2.03. The molecule has 0 aliphatic carbocycles. The maximum Gasteiger partial charge on any atom is 0.238 e. The molecule has 18 heavy (non-hydrogen) atoms. The first-order valence-electron chi connectivity index (χ1n) is 7.26. The van der Waals surface area contributed by atoms with Crippen LogP contribution in [-0.4, -0.2) is 46.5 Å². The second-order valence-corrected chi connectivity index (χ2v) is 7.96. The number of carbonyl (C=O) groups is 1. The summed E-state index contributed by atoms with van der Waals surface area (Å²) < 4.78 is -0.140. The van der Waals surface area contributed by atoms with Gasteiger partial charge in [-0.05, 0) is 51.2 Å². The summed E-state index contributed by atoms with van der Waals surface area (Å²) in [5, 5.41) is 3.65. The van der Waals surface area contributed by atoms with Gasteiger partial charge in [-0.2, -0.15) is 0 Å². The number of piperidine rings is 1. The Labute approximate surface area is 114 Å². The lowest BCUT2D eigenvalue weighted by Crippen LogP contribution is -2.52. The quantitative estimate of drug-likeness (QED) is 0.831. The fourth-order valence-corrected chi connectivity index (χ4v) is 5.13. The van der Waals surface area contributed by atoms with Crippen molar-refractivity contribution in [3.63, 3.8) is 0 Å². The van der Waals surface area contributed by atoms with Crippen LogP contribution in [0.3, 0.4) is 0 Å². The van der Waals surface area contributed by atoms with E-state index in [4.69, 9.17) is 0 Å². The highest BCUT2D eigenvalue weighted by molar-refractivity contribution is 8.01. The Morgan fingerprint density at radius 3 is 2.56 bits per heavy atom. The predicted molar refractivity (Wildman–Crippen MR) is 75.8 cm³/mol. The maximum atomic E-state index is 12.7. The van der Waals surface area contributed by atoms with Crippen LogP contribution >= 0.6 is 11.8 Å². The Kier molecular flexibility index (Phi) is 3.35. The van der Waals surface area contributed by atoms with Crippen LogP contribution in [0.25, 0.3) is 0 Å². The number of hydrogen-bond donors (Lipinski definition) is 1. The molecule has 4 heteroatoms. The summed E-state index contributed by atoms with van der Waals surface area (Å²) in [6.45, 7) is 2.14. The van der Waals surface area contributed by atoms with Gasteiger partial charge in [0, 0.05) is 25.2 Å². The van der Waals surface area contributed by atoms with E-state index in [0.29, 0.717) is 24.0 Å². The molecular formula is C14H24N2OS. The van der Waals surface area contributed by atoms with Crippen molar-refractivity contribution in [1.82, 2.24) is 10.2 Å². The fourth-order valence-electron chi connectivity index (χ4n) is 3.83. The number of rotatable bonds is 2. The van der Waals surface area contributed by atoms with Gasteiger partial charge >= 0.3 is 0 Å². The molecule has 1 amide bonds. The van der Waals surface area contributed by atoms with Gasteiger partial charge in [0.1, 0.15) is 0 Å². The van der Waals surface area contributed by atoms with Crippen LogP contribution in [0.15, 0.2) is 0 Å². The fraction of sp³-hybridized carbons (Fsp3) is 0.929. The predicted octanol–water partition coefficient (Wildman–Crippen LogP) is 2.01. The van der Waals surface area contributed by atoms with Gasteiger partial charge in [0.05, 0.1) is 4.75 Å². The third-order valence-electron chi connectivity index (χ3n) is 4.99. The Bertz CT molecular complexity index is 329. The molecule has 3 atom stereocenters. The monoisotopic (exact) mass is 268 g/mol. The standard InChI is InChI=1S/C14H24N2OS/c1-14(6-3-7-18-14)13(17)16(2)12-8-10-4-5-11(9-12)15-10/h10-12,15H,3-9H2,1-2H3. The molecule has 3 aliphatic heterocycles. The molecule has 3 aliphatic rings. The topological polar surface area (TPSA) is 32.3 Å². The van der Waals surface area contributed by atoms with E-state index in [1.165, 1.54) is 19.3 Å². The zero-order valence-corrected chi connectivity index (χ0v) is 12.3. The number of hydrogen-bond acceptors (Lipinski definition) is 3. The number of carbonyl (C=O) groups excluding carboxylic acids is 1. The summed E-state index contributed by atoms with van der Waals surface area (Å²) in [5.74, 6) is 1.52. The molecule has 3 unspecified atom stereocenters. The number of fused-ring (bicyclic) bond motifs is 2. The molecule has 0 radical (unpaired) electrons. The van der Waals surface area contributed by atoms with E-state index in [0.717, 1.165) is 25.0 Å². The first-order valence-corrected chi connectivity index (χ1v) is 8.24. The first kappa shape index (κ1) is 12.8. The Morgan fingerprint density at radius 2 is 2.00 bits per heavy atom. The summed E-state index contributed by atoms with van der Waals surface area (Å²) in [6.07, 6.45) is 7.15. The minimum atomic E-state index is -0.140. The zero-order valence-electron chi connectivity index (χ0n) is 11.4. The third-order valence-corrected chi connectivity index (χ3v) is 6.50. The highest BCUT2D eigenvalue weighted by Crippen LogP contribution is 2.40. The van der Waals surface area contributed by atoms with Gasteiger partial charge in [0.15, 0.2) is 0 Å². The molecule has 3 nitrogen and oxygen atoms in total. The van der Waals surface area contributed by atoms with Crippen molar-refractivity contribution in [1.29, 1.82) is 0 Å². The molecule has 1 N–H and O–H groups in total. The average Bonchev–Trinajstić information content (AvgIpc) is 2.95. The van der Waals surface area contributed by atoms with E-state index < -0.39 is 0 Å². The van der Waals surface area contributed by atoms with Crippen LogP contribution in [0.1, 0.15) is 45.4 Å². The van der Waals surface area contributed by atoms with Crippen LogP contribution in [0.4, 0.5) is 0 Å². The molecular weight excluding hydrogens is 244 g/mol. The minimum absolute atomic E-state index is 0.140. The summed E-state index contributed by atoms with van der Waals surface area (Å²) in [5.41, 5.74) is 0. The minimum Gasteiger partial charge on any atom is -0.341 e. The van der Waals surface area contributed by atoms with Crippen molar-refractivity contribution in [3.8, 4) is 0 Å². The summed E-state index contributed by atoms with van der Waals surface area (Å²) >= 11 is 1.86. The van der Waals surface area contributed by atoms with Crippen LogP contribution < -0.4 is 5.32 Å². The second kappa shape index (κ2) is 4.71. The van der Waals surface area contributed by atoms with Gasteiger partial charge in [-0.15, -0.1) is 11.8 Å². The van der Waals surface area contributed by atoms with Crippen molar-refractivity contribution in [2.24, 2.45) is 0 Å². The van der Waals surface area contributed by atoms with Crippen molar-refractivity contribution in [2.75, 3.05) is 12.8 Å². The van der Waals surface area contributed by atoms with E-state index in [9.17, 15) is 4.79 Å². The number of thioether (sulfide) groups is 1. The van der Waals surface area contributed by atoms with Crippen LogP contribution in [0.2, 0.25) is 0 Å². The van der Waals surface area contributed by atoms with Gasteiger partial charge in [0.2, 0.25) is 5.91 Å². The van der Waals surface area contributed by atoms with Crippen LogP contribution in [-0.2, 0) is 4.79 Å². The summed E-state index contributed by atoms with van der Waals surface area (Å²) in [4.78, 5) is 14.8. The lowest BCUT2D eigenvalue weighted by atomic mass is 9.96. The van der Waals surface area contributed by atoms with E-state index in [1.54, 1.807) is 0 Å². The van der Waals surface area contributed by atoms with Gasteiger partial charge in [-0.1, -0.05) is 0 Å². The molecule has 3 fully saturated rings. The number of nitrogens with one attached hydrogen (secondary N) is 1. The highest BCUT2D eigenvalue weighted by atomic mass is 32.2. The van der Waals surface area contributed by atoms with Gasteiger partial charge < -0.3 is 10.2 Å². The van der Waals surface area contributed by atoms with Crippen molar-refractivity contribution in [3.05, 3.63) is 0 Å². The molecule has 3 heterocycles. The molecule has 0 aromatic heterocycles. The third kappa shape index (κ3) is 2.18. The van der Waals surface area contributed by atoms with Crippen LogP contribution in [0.5, 0.6) is 0 Å². The SMILES string of the molecule is CN(C(=O)C1(C)CCCS1)C1CC2CCC(C1)N2. The maximum absolute atomic E-state index is 12.7. The van der Waals surface area contributed by atoms with E-state index in [1.807, 2.05) is 18.8 Å². The summed E-state index contributed by atoms with van der Waals surface area (Å²) in [6, 6.07) is 1.79. The number of amides is 1. The number of nitrogens with zero attached hydrogens (tertiary/aromatic N) is 1. The van der Waals surface area contributed by atoms with Crippen LogP contribution in [0, 0.1) is 0 Å². The molecule has 0 aromatic rings. The zero-order chi connectivity index (χ0) is 12.8. The van der Waals surface area contributed by atoms with Gasteiger partial charge in [0.25, 0.3) is 0 Å². The Balaban J connectivity index is 1.67. The Hall–Kier alpha value is -0.220. The molecule has 0 spiro atoms. The molecule has 3 saturated heterocycles. The van der Waals surface area contributed by atoms with E-state index >= 15 is 0 Å².